The maximum Gasteiger partial charge on any atom is 0.420 e. The molecule has 0 saturated carbocycles. The molecular formula is C14H8F6O2. The van der Waals surface area contributed by atoms with Crippen molar-refractivity contribution in [2.75, 3.05) is 0 Å². The maximum atomic E-state index is 13.1. The second-order valence-corrected chi connectivity index (χ2v) is 4.40. The predicted octanol–water partition coefficient (Wildman–Crippen LogP) is 4.80. The van der Waals surface area contributed by atoms with Crippen LogP contribution >= 0.6 is 0 Å². The minimum Gasteiger partial charge on any atom is -0.507 e. The number of halogens is 6. The molecule has 8 heteroatoms. The maximum absolute atomic E-state index is 13.1. The number of aromatic hydroxyl groups is 2. The highest BCUT2D eigenvalue weighted by atomic mass is 19.4. The average molecular weight is 322 g/mol. The largest absolute Gasteiger partial charge is 0.507 e. The zero-order valence-corrected chi connectivity index (χ0v) is 10.6. The second kappa shape index (κ2) is 5.11. The molecule has 2 aromatic carbocycles. The van der Waals surface area contributed by atoms with Gasteiger partial charge in [-0.25, -0.2) is 0 Å². The highest BCUT2D eigenvalue weighted by Crippen LogP contribution is 2.51. The summed E-state index contributed by atoms with van der Waals surface area (Å²) in [6, 6.07) is 6.62. The molecule has 118 valence electrons. The van der Waals surface area contributed by atoms with E-state index in [9.17, 15) is 36.6 Å². The first-order valence-corrected chi connectivity index (χ1v) is 5.82. The van der Waals surface area contributed by atoms with Gasteiger partial charge in [-0.1, -0.05) is 30.3 Å². The molecule has 0 spiro atoms. The Morgan fingerprint density at radius 2 is 1.32 bits per heavy atom. The molecule has 0 unspecified atom stereocenters. The smallest absolute Gasteiger partial charge is 0.420 e. The summed E-state index contributed by atoms with van der Waals surface area (Å²) in [7, 11) is 0. The van der Waals surface area contributed by atoms with Gasteiger partial charge in [-0.2, -0.15) is 26.3 Å². The SMILES string of the molecule is Oc1cc(C(F)(F)F)c(O)c(C(F)(F)F)c1-c1ccccc1. The fourth-order valence-electron chi connectivity index (χ4n) is 2.05. The van der Waals surface area contributed by atoms with E-state index in [1.54, 1.807) is 0 Å². The lowest BCUT2D eigenvalue weighted by Gasteiger charge is -2.20. The average Bonchev–Trinajstić information content (AvgIpc) is 2.39. The van der Waals surface area contributed by atoms with Crippen molar-refractivity contribution in [3.8, 4) is 22.6 Å². The van der Waals surface area contributed by atoms with Gasteiger partial charge >= 0.3 is 12.4 Å². The molecule has 0 heterocycles. The van der Waals surface area contributed by atoms with Crippen LogP contribution in [0.5, 0.6) is 11.5 Å². The van der Waals surface area contributed by atoms with Gasteiger partial charge in [-0.3, -0.25) is 0 Å². The summed E-state index contributed by atoms with van der Waals surface area (Å²) >= 11 is 0. The number of alkyl halides is 6. The third-order valence-electron chi connectivity index (χ3n) is 2.93. The molecule has 2 rings (SSSR count). The first-order chi connectivity index (χ1) is 10.0. The van der Waals surface area contributed by atoms with Crippen molar-refractivity contribution in [2.24, 2.45) is 0 Å². The highest BCUT2D eigenvalue weighted by Gasteiger charge is 2.44. The quantitative estimate of drug-likeness (QED) is 0.585. The Bertz CT molecular complexity index is 689. The van der Waals surface area contributed by atoms with Gasteiger partial charge in [0.15, 0.2) is 0 Å². The van der Waals surface area contributed by atoms with Crippen molar-refractivity contribution in [2.45, 2.75) is 12.4 Å². The number of benzene rings is 2. The van der Waals surface area contributed by atoms with E-state index in [4.69, 9.17) is 0 Å². The summed E-state index contributed by atoms with van der Waals surface area (Å²) in [6.07, 6.45) is -10.5. The molecule has 0 atom stereocenters. The third kappa shape index (κ3) is 2.81. The molecule has 0 radical (unpaired) electrons. The van der Waals surface area contributed by atoms with Gasteiger partial charge in [0.2, 0.25) is 0 Å². The van der Waals surface area contributed by atoms with Gasteiger partial charge in [0.1, 0.15) is 22.6 Å². The highest BCUT2D eigenvalue weighted by molar-refractivity contribution is 5.78. The van der Waals surface area contributed by atoms with Crippen LogP contribution in [0.25, 0.3) is 11.1 Å². The molecule has 0 bridgehead atoms. The zero-order chi connectivity index (χ0) is 16.7. The van der Waals surface area contributed by atoms with Crippen molar-refractivity contribution in [1.82, 2.24) is 0 Å². The number of rotatable bonds is 1. The Morgan fingerprint density at radius 1 is 0.773 bits per heavy atom. The van der Waals surface area contributed by atoms with Gasteiger partial charge in [0.25, 0.3) is 0 Å². The fourth-order valence-corrected chi connectivity index (χ4v) is 2.05. The Balaban J connectivity index is 2.89. The lowest BCUT2D eigenvalue weighted by molar-refractivity contribution is -0.145. The van der Waals surface area contributed by atoms with Crippen LogP contribution in [0.15, 0.2) is 36.4 Å². The number of hydrogen-bond acceptors (Lipinski definition) is 2. The lowest BCUT2D eigenvalue weighted by Crippen LogP contribution is -2.13. The van der Waals surface area contributed by atoms with Gasteiger partial charge in [-0.05, 0) is 11.6 Å². The lowest BCUT2D eigenvalue weighted by atomic mass is 9.94. The van der Waals surface area contributed by atoms with Crippen molar-refractivity contribution >= 4 is 0 Å². The van der Waals surface area contributed by atoms with E-state index in [1.807, 2.05) is 0 Å². The Labute approximate surface area is 120 Å². The van der Waals surface area contributed by atoms with E-state index in [-0.39, 0.29) is 11.6 Å². The zero-order valence-electron chi connectivity index (χ0n) is 10.6. The molecular weight excluding hydrogens is 314 g/mol. The molecule has 0 aliphatic carbocycles. The van der Waals surface area contributed by atoms with Crippen molar-refractivity contribution < 1.29 is 36.6 Å². The van der Waals surface area contributed by atoms with Crippen molar-refractivity contribution in [1.29, 1.82) is 0 Å². The molecule has 0 saturated heterocycles. The molecule has 0 amide bonds. The van der Waals surface area contributed by atoms with Crippen LogP contribution in [0.1, 0.15) is 11.1 Å². The van der Waals surface area contributed by atoms with E-state index in [1.165, 1.54) is 30.3 Å². The van der Waals surface area contributed by atoms with Crippen LogP contribution < -0.4 is 0 Å². The van der Waals surface area contributed by atoms with E-state index >= 15 is 0 Å². The number of phenols is 2. The predicted molar refractivity (Wildman–Crippen MR) is 65.2 cm³/mol. The Kier molecular flexibility index (Phi) is 3.72. The van der Waals surface area contributed by atoms with Crippen LogP contribution in [0, 0.1) is 0 Å². The Hall–Kier alpha value is -2.38. The summed E-state index contributed by atoms with van der Waals surface area (Å²) in [6.45, 7) is 0. The summed E-state index contributed by atoms with van der Waals surface area (Å²) in [5, 5.41) is 19.1. The van der Waals surface area contributed by atoms with Gasteiger partial charge in [0, 0.05) is 5.56 Å². The summed E-state index contributed by atoms with van der Waals surface area (Å²) < 4.78 is 77.4. The third-order valence-corrected chi connectivity index (χ3v) is 2.93. The summed E-state index contributed by atoms with van der Waals surface area (Å²) in [5.74, 6) is -3.18. The van der Waals surface area contributed by atoms with E-state index in [0.29, 0.717) is 0 Å². The molecule has 2 aromatic rings. The Morgan fingerprint density at radius 3 is 1.77 bits per heavy atom. The first kappa shape index (κ1) is 16.0. The standard InChI is InChI=1S/C14H8F6O2/c15-13(16,17)8-6-9(21)10(7-4-2-1-3-5-7)11(12(8)22)14(18,19)20/h1-6,21-22H. The molecule has 0 aromatic heterocycles. The summed E-state index contributed by atoms with van der Waals surface area (Å²) in [4.78, 5) is 0. The molecule has 0 aliphatic heterocycles. The summed E-state index contributed by atoms with van der Waals surface area (Å²) in [5.41, 5.74) is -4.95. The minimum absolute atomic E-state index is 0.0763. The second-order valence-electron chi connectivity index (χ2n) is 4.40. The van der Waals surface area contributed by atoms with Gasteiger partial charge in [0.05, 0.1) is 0 Å². The van der Waals surface area contributed by atoms with Crippen molar-refractivity contribution in [3.63, 3.8) is 0 Å². The van der Waals surface area contributed by atoms with Gasteiger partial charge in [-0.15, -0.1) is 0 Å². The van der Waals surface area contributed by atoms with E-state index in [2.05, 4.69) is 0 Å². The molecule has 0 fully saturated rings. The van der Waals surface area contributed by atoms with Crippen LogP contribution in [0.2, 0.25) is 0 Å². The fraction of sp³-hybridized carbons (Fsp3) is 0.143. The molecule has 2 nitrogen and oxygen atoms in total. The topological polar surface area (TPSA) is 40.5 Å². The minimum atomic E-state index is -5.28. The monoisotopic (exact) mass is 322 g/mol. The van der Waals surface area contributed by atoms with Crippen molar-refractivity contribution in [3.05, 3.63) is 47.5 Å². The van der Waals surface area contributed by atoms with Crippen LogP contribution in [0.4, 0.5) is 26.3 Å². The number of phenolic OH excluding ortho intramolecular Hbond substituents is 2. The first-order valence-electron chi connectivity index (χ1n) is 5.82. The van der Waals surface area contributed by atoms with Crippen LogP contribution in [-0.2, 0) is 12.4 Å². The normalized spacial score (nSPS) is 12.5. The van der Waals surface area contributed by atoms with Crippen LogP contribution in [-0.4, -0.2) is 10.2 Å². The van der Waals surface area contributed by atoms with Crippen LogP contribution in [0.3, 0.4) is 0 Å². The van der Waals surface area contributed by atoms with E-state index < -0.39 is 40.5 Å². The van der Waals surface area contributed by atoms with E-state index in [0.717, 1.165) is 0 Å². The number of hydrogen-bond donors (Lipinski definition) is 2. The molecule has 2 N–H and O–H groups in total. The molecule has 0 aliphatic rings. The molecule has 22 heavy (non-hydrogen) atoms. The van der Waals surface area contributed by atoms with Gasteiger partial charge < -0.3 is 10.2 Å².